The monoisotopic (exact) mass is 381 g/mol. The maximum Gasteiger partial charge on any atom is 0.263 e. The summed E-state index contributed by atoms with van der Waals surface area (Å²) in [4.78, 5) is 33.8. The SMILES string of the molecule is Cc1nonc1[C@H]1CCCN1C(=O)c1cnc(COc2ccccc2)[nH]c1=O. The fourth-order valence-electron chi connectivity index (χ4n) is 3.32. The van der Waals surface area contributed by atoms with Crippen LogP contribution in [-0.4, -0.2) is 37.6 Å². The smallest absolute Gasteiger partial charge is 0.263 e. The number of carbonyl (C=O) groups is 1. The molecule has 28 heavy (non-hydrogen) atoms. The molecule has 144 valence electrons. The van der Waals surface area contributed by atoms with Crippen molar-refractivity contribution >= 4 is 5.91 Å². The molecule has 0 spiro atoms. The van der Waals surface area contributed by atoms with Crippen molar-refractivity contribution in [2.45, 2.75) is 32.4 Å². The molecular formula is C19H19N5O4. The molecule has 0 saturated carbocycles. The maximum absolute atomic E-state index is 12.9. The van der Waals surface area contributed by atoms with E-state index in [1.54, 1.807) is 11.8 Å². The number of aryl methyl sites for hydroxylation is 1. The molecule has 0 bridgehead atoms. The third kappa shape index (κ3) is 3.51. The van der Waals surface area contributed by atoms with Crippen LogP contribution in [0.25, 0.3) is 0 Å². The van der Waals surface area contributed by atoms with Crippen molar-refractivity contribution in [2.24, 2.45) is 0 Å². The molecule has 1 N–H and O–H groups in total. The molecule has 0 radical (unpaired) electrons. The van der Waals surface area contributed by atoms with E-state index in [9.17, 15) is 9.59 Å². The minimum Gasteiger partial charge on any atom is -0.486 e. The van der Waals surface area contributed by atoms with Gasteiger partial charge in [-0.15, -0.1) is 0 Å². The number of benzene rings is 1. The number of aromatic nitrogens is 4. The van der Waals surface area contributed by atoms with Crippen LogP contribution in [0.4, 0.5) is 0 Å². The van der Waals surface area contributed by atoms with Crippen molar-refractivity contribution in [2.75, 3.05) is 6.54 Å². The quantitative estimate of drug-likeness (QED) is 0.719. The topological polar surface area (TPSA) is 114 Å². The number of aromatic amines is 1. The average molecular weight is 381 g/mol. The van der Waals surface area contributed by atoms with Crippen molar-refractivity contribution in [3.63, 3.8) is 0 Å². The molecule has 0 aliphatic carbocycles. The number of rotatable bonds is 5. The summed E-state index contributed by atoms with van der Waals surface area (Å²) in [7, 11) is 0. The summed E-state index contributed by atoms with van der Waals surface area (Å²) >= 11 is 0. The first-order chi connectivity index (χ1) is 13.6. The molecule has 9 nitrogen and oxygen atoms in total. The first-order valence-corrected chi connectivity index (χ1v) is 8.99. The van der Waals surface area contributed by atoms with Crippen LogP contribution in [0.5, 0.6) is 5.75 Å². The zero-order valence-corrected chi connectivity index (χ0v) is 15.3. The highest BCUT2D eigenvalue weighted by Gasteiger charge is 2.35. The minimum absolute atomic E-state index is 0.00975. The van der Waals surface area contributed by atoms with Gasteiger partial charge in [-0.3, -0.25) is 9.59 Å². The molecule has 1 aliphatic heterocycles. The third-order valence-electron chi connectivity index (χ3n) is 4.72. The minimum atomic E-state index is -0.493. The van der Waals surface area contributed by atoms with Crippen LogP contribution in [0.1, 0.15) is 46.5 Å². The van der Waals surface area contributed by atoms with Gasteiger partial charge in [-0.1, -0.05) is 28.5 Å². The van der Waals surface area contributed by atoms with Gasteiger partial charge in [0.05, 0.1) is 6.04 Å². The average Bonchev–Trinajstić information content (AvgIpc) is 3.35. The molecular weight excluding hydrogens is 362 g/mol. The predicted molar refractivity (Wildman–Crippen MR) is 97.7 cm³/mol. The molecule has 3 aromatic rings. The van der Waals surface area contributed by atoms with E-state index in [4.69, 9.17) is 9.37 Å². The normalized spacial score (nSPS) is 16.3. The van der Waals surface area contributed by atoms with Gasteiger partial charge in [0.1, 0.15) is 35.1 Å². The summed E-state index contributed by atoms with van der Waals surface area (Å²) in [5, 5.41) is 7.70. The zero-order chi connectivity index (χ0) is 19.5. The molecule has 1 aromatic carbocycles. The van der Waals surface area contributed by atoms with E-state index in [2.05, 4.69) is 20.3 Å². The molecule has 1 fully saturated rings. The van der Waals surface area contributed by atoms with Crippen molar-refractivity contribution in [3.8, 4) is 5.75 Å². The number of H-pyrrole nitrogens is 1. The van der Waals surface area contributed by atoms with Crippen LogP contribution in [0.3, 0.4) is 0 Å². The highest BCUT2D eigenvalue weighted by atomic mass is 16.6. The fraction of sp³-hybridized carbons (Fsp3) is 0.316. The van der Waals surface area contributed by atoms with E-state index in [0.29, 0.717) is 29.5 Å². The van der Waals surface area contributed by atoms with Crippen LogP contribution >= 0.6 is 0 Å². The van der Waals surface area contributed by atoms with Gasteiger partial charge in [0, 0.05) is 12.7 Å². The Morgan fingerprint density at radius 1 is 1.32 bits per heavy atom. The Hall–Kier alpha value is -3.49. The van der Waals surface area contributed by atoms with Gasteiger partial charge >= 0.3 is 0 Å². The molecule has 3 heterocycles. The summed E-state index contributed by atoms with van der Waals surface area (Å²) in [5.74, 6) is 0.635. The second-order valence-corrected chi connectivity index (χ2v) is 6.57. The van der Waals surface area contributed by atoms with Gasteiger partial charge in [0.15, 0.2) is 0 Å². The predicted octanol–water partition coefficient (Wildman–Crippen LogP) is 2.02. The van der Waals surface area contributed by atoms with E-state index in [0.717, 1.165) is 12.8 Å². The number of nitrogens with one attached hydrogen (secondary N) is 1. The van der Waals surface area contributed by atoms with E-state index in [1.165, 1.54) is 6.20 Å². The number of nitrogens with zero attached hydrogens (tertiary/aromatic N) is 4. The summed E-state index contributed by atoms with van der Waals surface area (Å²) < 4.78 is 10.3. The second kappa shape index (κ2) is 7.63. The summed E-state index contributed by atoms with van der Waals surface area (Å²) in [5.41, 5.74) is 0.769. The highest BCUT2D eigenvalue weighted by Crippen LogP contribution is 2.32. The molecule has 4 rings (SSSR count). The molecule has 1 amide bonds. The third-order valence-corrected chi connectivity index (χ3v) is 4.72. The Morgan fingerprint density at radius 3 is 2.86 bits per heavy atom. The number of ether oxygens (including phenoxy) is 1. The Kier molecular flexibility index (Phi) is 4.88. The van der Waals surface area contributed by atoms with Crippen LogP contribution in [0, 0.1) is 6.92 Å². The van der Waals surface area contributed by atoms with E-state index >= 15 is 0 Å². The standard InChI is InChI=1S/C19H19N5O4/c1-12-17(23-28-22-12)15-8-5-9-24(15)19(26)14-10-20-16(21-18(14)25)11-27-13-6-3-2-4-7-13/h2-4,6-7,10,15H,5,8-9,11H2,1H3,(H,20,21,25)/t15-/m1/s1. The lowest BCUT2D eigenvalue weighted by atomic mass is 10.1. The Bertz CT molecular complexity index is 1030. The molecule has 1 atom stereocenters. The largest absolute Gasteiger partial charge is 0.486 e. The van der Waals surface area contributed by atoms with Crippen molar-refractivity contribution in [1.82, 2.24) is 25.2 Å². The van der Waals surface area contributed by atoms with E-state index < -0.39 is 5.56 Å². The van der Waals surface area contributed by atoms with Crippen molar-refractivity contribution in [3.05, 3.63) is 69.7 Å². The molecule has 2 aromatic heterocycles. The summed E-state index contributed by atoms with van der Waals surface area (Å²) in [6.07, 6.45) is 2.86. The maximum atomic E-state index is 12.9. The van der Waals surface area contributed by atoms with E-state index in [1.807, 2.05) is 30.3 Å². The van der Waals surface area contributed by atoms with Crippen LogP contribution < -0.4 is 10.3 Å². The van der Waals surface area contributed by atoms with Gasteiger partial charge in [-0.25, -0.2) is 9.61 Å². The van der Waals surface area contributed by atoms with E-state index in [-0.39, 0.29) is 24.1 Å². The molecule has 1 aliphatic rings. The summed E-state index contributed by atoms with van der Waals surface area (Å²) in [6, 6.07) is 8.96. The summed E-state index contributed by atoms with van der Waals surface area (Å²) in [6.45, 7) is 2.42. The van der Waals surface area contributed by atoms with Crippen LogP contribution in [-0.2, 0) is 6.61 Å². The van der Waals surface area contributed by atoms with Gasteiger partial charge < -0.3 is 14.6 Å². The fourth-order valence-corrected chi connectivity index (χ4v) is 3.32. The van der Waals surface area contributed by atoms with Gasteiger partial charge in [-0.05, 0) is 31.9 Å². The molecule has 9 heteroatoms. The molecule has 1 saturated heterocycles. The van der Waals surface area contributed by atoms with Crippen molar-refractivity contribution < 1.29 is 14.2 Å². The number of para-hydroxylation sites is 1. The zero-order valence-electron chi connectivity index (χ0n) is 15.3. The van der Waals surface area contributed by atoms with Gasteiger partial charge in [0.2, 0.25) is 0 Å². The Morgan fingerprint density at radius 2 is 2.14 bits per heavy atom. The van der Waals surface area contributed by atoms with Crippen LogP contribution in [0.2, 0.25) is 0 Å². The number of hydrogen-bond acceptors (Lipinski definition) is 7. The first kappa shape index (κ1) is 17.9. The lowest BCUT2D eigenvalue weighted by molar-refractivity contribution is 0.0727. The number of hydrogen-bond donors (Lipinski definition) is 1. The van der Waals surface area contributed by atoms with Gasteiger partial charge in [-0.2, -0.15) is 0 Å². The Labute approximate surface area is 160 Å². The Balaban J connectivity index is 1.50. The number of carbonyl (C=O) groups excluding carboxylic acids is 1. The second-order valence-electron chi connectivity index (χ2n) is 6.57. The lowest BCUT2D eigenvalue weighted by Gasteiger charge is -2.22. The number of likely N-dealkylation sites (tertiary alicyclic amines) is 1. The lowest BCUT2D eigenvalue weighted by Crippen LogP contribution is -2.35. The number of amides is 1. The van der Waals surface area contributed by atoms with Gasteiger partial charge in [0.25, 0.3) is 11.5 Å². The van der Waals surface area contributed by atoms with Crippen LogP contribution in [0.15, 0.2) is 46.0 Å². The first-order valence-electron chi connectivity index (χ1n) is 8.99. The van der Waals surface area contributed by atoms with Crippen molar-refractivity contribution in [1.29, 1.82) is 0 Å². The highest BCUT2D eigenvalue weighted by molar-refractivity contribution is 5.94. The molecule has 0 unspecified atom stereocenters.